The van der Waals surface area contributed by atoms with Crippen LogP contribution in [0.15, 0.2) is 42.6 Å². The van der Waals surface area contributed by atoms with Gasteiger partial charge in [-0.25, -0.2) is 0 Å². The number of halogens is 1. The predicted octanol–water partition coefficient (Wildman–Crippen LogP) is 3.18. The van der Waals surface area contributed by atoms with Crippen LogP contribution in [0.4, 0.5) is 0 Å². The standard InChI is InChI=1S/C19H27ClN4O/c1-15(2)19(25)21-10-8-17(20)13-24(14-18-9-11-22-23-18)12-16-6-4-3-5-7-16/h3-7,9,11,15,17H,8,10,12-14H2,1-2H3,(H,21,25)(H,22,23). The summed E-state index contributed by atoms with van der Waals surface area (Å²) in [6.45, 7) is 6.71. The Morgan fingerprint density at radius 3 is 2.64 bits per heavy atom. The second-order valence-corrected chi connectivity index (χ2v) is 7.19. The van der Waals surface area contributed by atoms with Crippen LogP contribution in [-0.2, 0) is 17.9 Å². The van der Waals surface area contributed by atoms with Crippen molar-refractivity contribution < 1.29 is 4.79 Å². The summed E-state index contributed by atoms with van der Waals surface area (Å²) in [4.78, 5) is 13.9. The van der Waals surface area contributed by atoms with Crippen LogP contribution in [0.2, 0.25) is 0 Å². The Morgan fingerprint density at radius 1 is 1.24 bits per heavy atom. The number of carbonyl (C=O) groups is 1. The van der Waals surface area contributed by atoms with Crippen molar-refractivity contribution in [1.29, 1.82) is 0 Å². The van der Waals surface area contributed by atoms with Gasteiger partial charge in [0.25, 0.3) is 0 Å². The first-order chi connectivity index (χ1) is 12.0. The van der Waals surface area contributed by atoms with Crippen LogP contribution in [0.5, 0.6) is 0 Å². The Labute approximate surface area is 154 Å². The van der Waals surface area contributed by atoms with Gasteiger partial charge < -0.3 is 5.32 Å². The van der Waals surface area contributed by atoms with E-state index in [-0.39, 0.29) is 17.2 Å². The lowest BCUT2D eigenvalue weighted by Crippen LogP contribution is -2.33. The van der Waals surface area contributed by atoms with Crippen LogP contribution in [0.1, 0.15) is 31.5 Å². The summed E-state index contributed by atoms with van der Waals surface area (Å²) < 4.78 is 0. The van der Waals surface area contributed by atoms with E-state index < -0.39 is 0 Å². The maximum Gasteiger partial charge on any atom is 0.222 e. The minimum atomic E-state index is -0.0286. The highest BCUT2D eigenvalue weighted by Gasteiger charge is 2.15. The lowest BCUT2D eigenvalue weighted by atomic mass is 10.2. The van der Waals surface area contributed by atoms with E-state index in [1.165, 1.54) is 5.56 Å². The molecule has 1 heterocycles. The molecule has 2 aromatic rings. The number of nitrogens with one attached hydrogen (secondary N) is 2. The quantitative estimate of drug-likeness (QED) is 0.638. The number of nitrogens with zero attached hydrogens (tertiary/aromatic N) is 2. The summed E-state index contributed by atoms with van der Waals surface area (Å²) in [6, 6.07) is 12.3. The number of aromatic amines is 1. The molecule has 2 rings (SSSR count). The largest absolute Gasteiger partial charge is 0.356 e. The van der Waals surface area contributed by atoms with Gasteiger partial charge in [-0.05, 0) is 18.1 Å². The molecular weight excluding hydrogens is 336 g/mol. The van der Waals surface area contributed by atoms with Gasteiger partial charge in [-0.3, -0.25) is 14.8 Å². The van der Waals surface area contributed by atoms with Gasteiger partial charge in [0, 0.05) is 49.4 Å². The van der Waals surface area contributed by atoms with Crippen molar-refractivity contribution in [1.82, 2.24) is 20.4 Å². The third kappa shape index (κ3) is 7.28. The summed E-state index contributed by atoms with van der Waals surface area (Å²) in [7, 11) is 0. The molecule has 0 fully saturated rings. The van der Waals surface area contributed by atoms with Gasteiger partial charge in [-0.15, -0.1) is 11.6 Å². The maximum absolute atomic E-state index is 11.6. The molecule has 0 spiro atoms. The smallest absolute Gasteiger partial charge is 0.222 e. The number of aromatic nitrogens is 2. The van der Waals surface area contributed by atoms with Gasteiger partial charge >= 0.3 is 0 Å². The zero-order chi connectivity index (χ0) is 18.1. The Morgan fingerprint density at radius 2 is 2.00 bits per heavy atom. The van der Waals surface area contributed by atoms with Crippen molar-refractivity contribution in [2.24, 2.45) is 5.92 Å². The van der Waals surface area contributed by atoms with E-state index in [0.29, 0.717) is 6.54 Å². The number of H-pyrrole nitrogens is 1. The molecular formula is C19H27ClN4O. The van der Waals surface area contributed by atoms with Crippen molar-refractivity contribution >= 4 is 17.5 Å². The minimum absolute atomic E-state index is 0.00346. The summed E-state index contributed by atoms with van der Waals surface area (Å²) in [5, 5.41) is 9.92. The molecule has 1 atom stereocenters. The Balaban J connectivity index is 1.87. The van der Waals surface area contributed by atoms with E-state index in [1.54, 1.807) is 6.20 Å². The SMILES string of the molecule is CC(C)C(=O)NCCC(Cl)CN(Cc1ccccc1)Cc1ccn[nH]1. The van der Waals surface area contributed by atoms with E-state index in [1.807, 2.05) is 38.1 Å². The molecule has 1 amide bonds. The number of rotatable bonds is 10. The fourth-order valence-corrected chi connectivity index (χ4v) is 2.87. The van der Waals surface area contributed by atoms with Gasteiger partial charge in [0.2, 0.25) is 5.91 Å². The first-order valence-electron chi connectivity index (χ1n) is 8.71. The number of benzene rings is 1. The van der Waals surface area contributed by atoms with Crippen molar-refractivity contribution in [3.05, 3.63) is 53.9 Å². The average Bonchev–Trinajstić information content (AvgIpc) is 3.08. The Hall–Kier alpha value is -1.85. The van der Waals surface area contributed by atoms with Crippen LogP contribution in [0.3, 0.4) is 0 Å². The van der Waals surface area contributed by atoms with E-state index in [2.05, 4.69) is 32.5 Å². The van der Waals surface area contributed by atoms with Gasteiger partial charge in [-0.1, -0.05) is 44.2 Å². The van der Waals surface area contributed by atoms with Crippen LogP contribution in [0.25, 0.3) is 0 Å². The van der Waals surface area contributed by atoms with E-state index in [4.69, 9.17) is 11.6 Å². The zero-order valence-electron chi connectivity index (χ0n) is 14.9. The Kier molecular flexibility index (Phi) is 7.95. The predicted molar refractivity (Wildman–Crippen MR) is 101 cm³/mol. The van der Waals surface area contributed by atoms with Crippen molar-refractivity contribution in [3.8, 4) is 0 Å². The summed E-state index contributed by atoms with van der Waals surface area (Å²) in [5.41, 5.74) is 2.31. The molecule has 1 aromatic heterocycles. The van der Waals surface area contributed by atoms with E-state index in [9.17, 15) is 4.79 Å². The molecule has 1 unspecified atom stereocenters. The number of amides is 1. The fourth-order valence-electron chi connectivity index (χ4n) is 2.57. The van der Waals surface area contributed by atoms with Gasteiger partial charge in [0.05, 0.1) is 0 Å². The van der Waals surface area contributed by atoms with Crippen LogP contribution < -0.4 is 5.32 Å². The molecule has 0 bridgehead atoms. The highest BCUT2D eigenvalue weighted by molar-refractivity contribution is 6.20. The molecule has 0 aliphatic rings. The summed E-state index contributed by atoms with van der Waals surface area (Å²) in [6.07, 6.45) is 2.50. The molecule has 0 saturated heterocycles. The van der Waals surface area contributed by atoms with E-state index >= 15 is 0 Å². The number of alkyl halides is 1. The maximum atomic E-state index is 11.6. The molecule has 0 aliphatic heterocycles. The lowest BCUT2D eigenvalue weighted by molar-refractivity contribution is -0.123. The molecule has 0 aliphatic carbocycles. The average molecular weight is 363 g/mol. The van der Waals surface area contributed by atoms with Crippen LogP contribution in [0, 0.1) is 5.92 Å². The third-order valence-electron chi connectivity index (χ3n) is 3.94. The molecule has 25 heavy (non-hydrogen) atoms. The molecule has 1 aromatic carbocycles. The highest BCUT2D eigenvalue weighted by Crippen LogP contribution is 2.12. The first-order valence-corrected chi connectivity index (χ1v) is 9.14. The van der Waals surface area contributed by atoms with Crippen molar-refractivity contribution in [3.63, 3.8) is 0 Å². The molecule has 0 saturated carbocycles. The number of hydrogen-bond donors (Lipinski definition) is 2. The monoisotopic (exact) mass is 362 g/mol. The molecule has 0 radical (unpaired) electrons. The topological polar surface area (TPSA) is 61.0 Å². The molecule has 6 heteroatoms. The van der Waals surface area contributed by atoms with Gasteiger partial charge in [0.15, 0.2) is 0 Å². The highest BCUT2D eigenvalue weighted by atomic mass is 35.5. The minimum Gasteiger partial charge on any atom is -0.356 e. The Bertz CT molecular complexity index is 616. The summed E-state index contributed by atoms with van der Waals surface area (Å²) >= 11 is 6.53. The lowest BCUT2D eigenvalue weighted by Gasteiger charge is -2.24. The van der Waals surface area contributed by atoms with Crippen molar-refractivity contribution in [2.75, 3.05) is 13.1 Å². The first kappa shape index (κ1) is 19.5. The van der Waals surface area contributed by atoms with E-state index in [0.717, 1.165) is 31.7 Å². The zero-order valence-corrected chi connectivity index (χ0v) is 15.7. The molecule has 2 N–H and O–H groups in total. The molecule has 5 nitrogen and oxygen atoms in total. The second-order valence-electron chi connectivity index (χ2n) is 6.57. The van der Waals surface area contributed by atoms with Crippen LogP contribution >= 0.6 is 11.6 Å². The number of carbonyl (C=O) groups excluding carboxylic acids is 1. The van der Waals surface area contributed by atoms with Gasteiger partial charge in [-0.2, -0.15) is 5.10 Å². The van der Waals surface area contributed by atoms with Crippen LogP contribution in [-0.4, -0.2) is 39.5 Å². The number of hydrogen-bond acceptors (Lipinski definition) is 3. The fraction of sp³-hybridized carbons (Fsp3) is 0.474. The normalized spacial score (nSPS) is 12.5. The molecule has 136 valence electrons. The third-order valence-corrected chi connectivity index (χ3v) is 4.30. The summed E-state index contributed by atoms with van der Waals surface area (Å²) in [5.74, 6) is 0.0752. The second kappa shape index (κ2) is 10.2. The van der Waals surface area contributed by atoms with Crippen molar-refractivity contribution in [2.45, 2.75) is 38.7 Å². The van der Waals surface area contributed by atoms with Gasteiger partial charge in [0.1, 0.15) is 0 Å².